The molecule has 2 heterocycles. The number of pyridine rings is 1. The zero-order valence-electron chi connectivity index (χ0n) is 15.4. The van der Waals surface area contributed by atoms with Crippen LogP contribution in [0.15, 0.2) is 48.7 Å². The van der Waals surface area contributed by atoms with Crippen molar-refractivity contribution in [2.75, 3.05) is 11.9 Å². The van der Waals surface area contributed by atoms with E-state index >= 15 is 0 Å². The van der Waals surface area contributed by atoms with Crippen molar-refractivity contribution in [2.24, 2.45) is 0 Å². The fourth-order valence-corrected chi connectivity index (χ4v) is 3.49. The molecule has 0 spiro atoms. The van der Waals surface area contributed by atoms with Crippen LogP contribution in [-0.2, 0) is 10.7 Å². The van der Waals surface area contributed by atoms with Gasteiger partial charge >= 0.3 is 11.8 Å². The van der Waals surface area contributed by atoms with Gasteiger partial charge in [0.25, 0.3) is 0 Å². The summed E-state index contributed by atoms with van der Waals surface area (Å²) in [6.45, 7) is 0. The summed E-state index contributed by atoms with van der Waals surface area (Å²) >= 11 is 0. The molecule has 0 saturated carbocycles. The van der Waals surface area contributed by atoms with Gasteiger partial charge in [0.2, 0.25) is 0 Å². The Kier molecular flexibility index (Phi) is 4.29. The highest BCUT2D eigenvalue weighted by Crippen LogP contribution is 2.46. The Bertz CT molecular complexity index is 1300. The number of alkyl halides is 2. The fourth-order valence-electron chi connectivity index (χ4n) is 3.49. The van der Waals surface area contributed by atoms with Gasteiger partial charge < -0.3 is 4.90 Å². The highest BCUT2D eigenvalue weighted by Gasteiger charge is 2.51. The maximum absolute atomic E-state index is 14.5. The normalized spacial score (nSPS) is 14.2. The van der Waals surface area contributed by atoms with Gasteiger partial charge in [-0.05, 0) is 35.9 Å². The van der Waals surface area contributed by atoms with Crippen LogP contribution in [0, 0.1) is 28.5 Å². The van der Waals surface area contributed by atoms with Gasteiger partial charge in [0.1, 0.15) is 11.9 Å². The number of fused-ring (bicyclic) bond motifs is 1. The van der Waals surface area contributed by atoms with Crippen molar-refractivity contribution in [3.63, 3.8) is 0 Å². The summed E-state index contributed by atoms with van der Waals surface area (Å²) in [5.74, 6) is -5.80. The van der Waals surface area contributed by atoms with Crippen LogP contribution >= 0.6 is 0 Å². The first kappa shape index (κ1) is 19.2. The molecule has 0 fully saturated rings. The molecule has 0 radical (unpaired) electrons. The number of anilines is 1. The fraction of sp³-hybridized carbons (Fsp3) is 0.0909. The molecule has 0 saturated heterocycles. The van der Waals surface area contributed by atoms with Crippen LogP contribution < -0.4 is 4.90 Å². The van der Waals surface area contributed by atoms with Crippen molar-refractivity contribution < 1.29 is 18.0 Å². The number of hydrogen-bond donors (Lipinski definition) is 0. The topological polar surface area (TPSA) is 80.8 Å². The van der Waals surface area contributed by atoms with Crippen LogP contribution in [0.5, 0.6) is 0 Å². The van der Waals surface area contributed by atoms with Crippen LogP contribution in [0.25, 0.3) is 22.4 Å². The van der Waals surface area contributed by atoms with Crippen LogP contribution in [0.3, 0.4) is 0 Å². The molecule has 30 heavy (non-hydrogen) atoms. The zero-order chi connectivity index (χ0) is 21.6. The molecule has 1 aliphatic heterocycles. The Hall–Kier alpha value is -4.17. The molecule has 0 aliphatic carbocycles. The molecule has 1 aliphatic rings. The Morgan fingerprint density at radius 2 is 1.70 bits per heavy atom. The number of carbonyl (C=O) groups excluding carboxylic acids is 1. The standard InChI is InChI=1S/C22H11F3N4O/c1-29-18-5-4-12(8-16(18)22(24,25)21(29)30)19-15(11-27)6-7-28-20(19)13-2-3-14(10-26)17(23)9-13/h2-9H,1H3. The lowest BCUT2D eigenvalue weighted by molar-refractivity contribution is -0.141. The van der Waals surface area contributed by atoms with Crippen LogP contribution in [-0.4, -0.2) is 17.9 Å². The molecule has 146 valence electrons. The molecule has 8 heteroatoms. The quantitative estimate of drug-likeness (QED) is 0.635. The second-order valence-corrected chi connectivity index (χ2v) is 6.67. The van der Waals surface area contributed by atoms with Crippen molar-refractivity contribution >= 4 is 11.6 Å². The summed E-state index contributed by atoms with van der Waals surface area (Å²) in [7, 11) is 1.26. The Labute approximate surface area is 169 Å². The summed E-state index contributed by atoms with van der Waals surface area (Å²) in [6.07, 6.45) is 1.35. The van der Waals surface area contributed by atoms with Crippen LogP contribution in [0.4, 0.5) is 18.9 Å². The van der Waals surface area contributed by atoms with Crippen molar-refractivity contribution in [1.82, 2.24) is 4.98 Å². The second kappa shape index (κ2) is 6.71. The molecule has 3 aromatic rings. The van der Waals surface area contributed by atoms with Gasteiger partial charge in [-0.1, -0.05) is 12.1 Å². The molecule has 0 bridgehead atoms. The van der Waals surface area contributed by atoms with E-state index in [0.29, 0.717) is 0 Å². The summed E-state index contributed by atoms with van der Waals surface area (Å²) in [5, 5.41) is 18.5. The summed E-state index contributed by atoms with van der Waals surface area (Å²) in [5.41, 5.74) is 0.517. The van der Waals surface area contributed by atoms with Crippen molar-refractivity contribution in [3.8, 4) is 34.5 Å². The smallest absolute Gasteiger partial charge is 0.309 e. The summed E-state index contributed by atoms with van der Waals surface area (Å²) in [6, 6.07) is 13.0. The first-order valence-electron chi connectivity index (χ1n) is 8.69. The van der Waals surface area contributed by atoms with E-state index in [0.717, 1.165) is 17.0 Å². The van der Waals surface area contributed by atoms with Crippen LogP contribution in [0.2, 0.25) is 0 Å². The number of nitrogens with zero attached hydrogens (tertiary/aromatic N) is 4. The van der Waals surface area contributed by atoms with E-state index in [1.165, 1.54) is 43.6 Å². The lowest BCUT2D eigenvalue weighted by Crippen LogP contribution is -2.31. The number of rotatable bonds is 2. The zero-order valence-corrected chi connectivity index (χ0v) is 15.4. The molecule has 0 N–H and O–H groups in total. The average Bonchev–Trinajstić information content (AvgIpc) is 2.93. The van der Waals surface area contributed by atoms with Gasteiger partial charge in [-0.3, -0.25) is 9.78 Å². The first-order chi connectivity index (χ1) is 14.3. The molecule has 0 atom stereocenters. The maximum atomic E-state index is 14.5. The van der Waals surface area contributed by atoms with Gasteiger partial charge in [0.15, 0.2) is 0 Å². The Morgan fingerprint density at radius 1 is 1.00 bits per heavy atom. The van der Waals surface area contributed by atoms with Gasteiger partial charge in [0, 0.05) is 24.4 Å². The van der Waals surface area contributed by atoms with E-state index in [-0.39, 0.29) is 39.2 Å². The van der Waals surface area contributed by atoms with E-state index in [1.807, 2.05) is 6.07 Å². The Balaban J connectivity index is 1.97. The molecule has 4 rings (SSSR count). The largest absolute Gasteiger partial charge is 0.352 e. The molecule has 1 aromatic heterocycles. The maximum Gasteiger partial charge on any atom is 0.352 e. The molecule has 0 unspecified atom stereocenters. The van der Waals surface area contributed by atoms with E-state index in [4.69, 9.17) is 5.26 Å². The predicted molar refractivity (Wildman–Crippen MR) is 102 cm³/mol. The first-order valence-corrected chi connectivity index (χ1v) is 8.69. The van der Waals surface area contributed by atoms with Crippen molar-refractivity contribution in [3.05, 3.63) is 71.2 Å². The van der Waals surface area contributed by atoms with E-state index in [2.05, 4.69) is 4.98 Å². The molecular weight excluding hydrogens is 393 g/mol. The number of aromatic nitrogens is 1. The van der Waals surface area contributed by atoms with Crippen molar-refractivity contribution in [2.45, 2.75) is 5.92 Å². The lowest BCUT2D eigenvalue weighted by atomic mass is 9.93. The number of amides is 1. The average molecular weight is 404 g/mol. The third-order valence-electron chi connectivity index (χ3n) is 4.99. The third kappa shape index (κ3) is 2.70. The minimum Gasteiger partial charge on any atom is -0.309 e. The van der Waals surface area contributed by atoms with Gasteiger partial charge in [0.05, 0.1) is 34.1 Å². The predicted octanol–water partition coefficient (Wildman–Crippen LogP) is 4.37. The summed E-state index contributed by atoms with van der Waals surface area (Å²) in [4.78, 5) is 17.0. The van der Waals surface area contributed by atoms with Gasteiger partial charge in [-0.2, -0.15) is 19.3 Å². The highest BCUT2D eigenvalue weighted by molar-refractivity contribution is 6.06. The summed E-state index contributed by atoms with van der Waals surface area (Å²) < 4.78 is 43.1. The number of benzene rings is 2. The number of likely N-dealkylation sites (N-methyl/N-ethyl adjacent to an activating group) is 1. The molecule has 5 nitrogen and oxygen atoms in total. The lowest BCUT2D eigenvalue weighted by Gasteiger charge is -2.14. The molecule has 1 amide bonds. The van der Waals surface area contributed by atoms with Crippen molar-refractivity contribution in [1.29, 1.82) is 10.5 Å². The van der Waals surface area contributed by atoms with E-state index < -0.39 is 23.2 Å². The van der Waals surface area contributed by atoms with E-state index in [9.17, 15) is 23.2 Å². The Morgan fingerprint density at radius 3 is 2.37 bits per heavy atom. The van der Waals surface area contributed by atoms with Crippen LogP contribution in [0.1, 0.15) is 16.7 Å². The van der Waals surface area contributed by atoms with E-state index in [1.54, 1.807) is 6.07 Å². The second-order valence-electron chi connectivity index (χ2n) is 6.67. The minimum absolute atomic E-state index is 0.0714. The van der Waals surface area contributed by atoms with Gasteiger partial charge in [-0.25, -0.2) is 4.39 Å². The number of hydrogen-bond acceptors (Lipinski definition) is 4. The number of halogens is 3. The molecule has 2 aromatic carbocycles. The SMILES string of the molecule is CN1C(=O)C(F)(F)c2cc(-c3c(C#N)ccnc3-c3ccc(C#N)c(F)c3)ccc21. The highest BCUT2D eigenvalue weighted by atomic mass is 19.3. The minimum atomic E-state index is -3.70. The molecular formula is C22H11F3N4O. The monoisotopic (exact) mass is 404 g/mol. The third-order valence-corrected chi connectivity index (χ3v) is 4.99. The number of carbonyl (C=O) groups is 1. The van der Waals surface area contributed by atoms with Gasteiger partial charge in [-0.15, -0.1) is 0 Å². The number of nitriles is 2.